The van der Waals surface area contributed by atoms with Crippen molar-refractivity contribution in [2.45, 2.75) is 43.0 Å². The van der Waals surface area contributed by atoms with Crippen LogP contribution < -0.4 is 0 Å². The van der Waals surface area contributed by atoms with Crippen LogP contribution in [0.15, 0.2) is 30.3 Å². The number of hydrogen-bond acceptors (Lipinski definition) is 1. The van der Waals surface area contributed by atoms with Gasteiger partial charge in [-0.1, -0.05) is 46.3 Å². The molecule has 0 radical (unpaired) electrons. The zero-order chi connectivity index (χ0) is 11.2. The second kappa shape index (κ2) is 6.41. The summed E-state index contributed by atoms with van der Waals surface area (Å²) >= 11 is 3.75. The first-order valence-electron chi connectivity index (χ1n) is 6.17. The third kappa shape index (κ3) is 3.60. The molecule has 2 rings (SSSR count). The van der Waals surface area contributed by atoms with Gasteiger partial charge < -0.3 is 4.74 Å². The van der Waals surface area contributed by atoms with E-state index in [-0.39, 0.29) is 0 Å². The van der Waals surface area contributed by atoms with Gasteiger partial charge in [-0.3, -0.25) is 0 Å². The number of benzene rings is 1. The molecule has 0 spiro atoms. The first-order valence-corrected chi connectivity index (χ1v) is 7.08. The average Bonchev–Trinajstić information content (AvgIpc) is 2.83. The summed E-state index contributed by atoms with van der Waals surface area (Å²) < 4.78 is 5.63. The number of alkyl halides is 1. The molecule has 2 unspecified atom stereocenters. The van der Waals surface area contributed by atoms with Crippen molar-refractivity contribution >= 4 is 15.9 Å². The van der Waals surface area contributed by atoms with E-state index >= 15 is 0 Å². The van der Waals surface area contributed by atoms with Crippen molar-refractivity contribution in [3.05, 3.63) is 35.9 Å². The van der Waals surface area contributed by atoms with Crippen molar-refractivity contribution in [2.24, 2.45) is 0 Å². The van der Waals surface area contributed by atoms with Crippen LogP contribution in [0.25, 0.3) is 0 Å². The van der Waals surface area contributed by atoms with Crippen molar-refractivity contribution in [3.63, 3.8) is 0 Å². The monoisotopic (exact) mass is 282 g/mol. The van der Waals surface area contributed by atoms with Gasteiger partial charge in [-0.25, -0.2) is 0 Å². The van der Waals surface area contributed by atoms with Gasteiger partial charge >= 0.3 is 0 Å². The Morgan fingerprint density at radius 3 is 2.81 bits per heavy atom. The fourth-order valence-electron chi connectivity index (χ4n) is 2.23. The molecule has 0 bridgehead atoms. The summed E-state index contributed by atoms with van der Waals surface area (Å²) in [6.45, 7) is 0.973. The van der Waals surface area contributed by atoms with E-state index in [1.54, 1.807) is 0 Å². The molecule has 2 heteroatoms. The maximum absolute atomic E-state index is 5.63. The van der Waals surface area contributed by atoms with E-state index in [1.165, 1.54) is 37.7 Å². The van der Waals surface area contributed by atoms with Crippen molar-refractivity contribution in [2.75, 3.05) is 6.61 Å². The average molecular weight is 283 g/mol. The Balaban J connectivity index is 1.69. The molecule has 1 nitrogen and oxygen atoms in total. The maximum Gasteiger partial charge on any atom is 0.0576 e. The summed E-state index contributed by atoms with van der Waals surface area (Å²) in [5.41, 5.74) is 1.38. The molecule has 1 aromatic rings. The van der Waals surface area contributed by atoms with Crippen molar-refractivity contribution in [1.82, 2.24) is 0 Å². The number of halogens is 1. The highest BCUT2D eigenvalue weighted by Crippen LogP contribution is 2.29. The predicted octanol–water partition coefficient (Wildman–Crippen LogP) is 4.47. The minimum Gasteiger partial charge on any atom is -0.378 e. The van der Waals surface area contributed by atoms with Gasteiger partial charge in [0.25, 0.3) is 0 Å². The Hall–Kier alpha value is -0.340. The van der Waals surface area contributed by atoms with Gasteiger partial charge in [-0.15, -0.1) is 0 Å². The summed E-state index contributed by atoms with van der Waals surface area (Å²) in [7, 11) is 0. The van der Waals surface area contributed by atoms with Gasteiger partial charge in [0.15, 0.2) is 0 Å². The molecular weight excluding hydrogens is 264 g/mol. The highest BCUT2D eigenvalue weighted by molar-refractivity contribution is 9.09. The van der Waals surface area contributed by atoms with E-state index < -0.39 is 0 Å². The van der Waals surface area contributed by atoms with Gasteiger partial charge in [0.05, 0.1) is 6.10 Å². The van der Waals surface area contributed by atoms with Crippen LogP contribution in [0.3, 0.4) is 0 Å². The van der Waals surface area contributed by atoms with Crippen LogP contribution in [-0.2, 0) is 4.74 Å². The minimum atomic E-state index is 0.495. The van der Waals surface area contributed by atoms with Crippen LogP contribution in [0, 0.1) is 0 Å². The van der Waals surface area contributed by atoms with Crippen LogP contribution in [-0.4, -0.2) is 12.7 Å². The van der Waals surface area contributed by atoms with Gasteiger partial charge in [0.1, 0.15) is 0 Å². The summed E-state index contributed by atoms with van der Waals surface area (Å²) in [5, 5.41) is 0. The van der Waals surface area contributed by atoms with Crippen LogP contribution in [0.5, 0.6) is 0 Å². The molecule has 0 aliphatic carbocycles. The van der Waals surface area contributed by atoms with Crippen LogP contribution in [0.1, 0.15) is 42.5 Å². The first kappa shape index (κ1) is 12.1. The molecule has 0 saturated carbocycles. The van der Waals surface area contributed by atoms with Crippen molar-refractivity contribution in [3.8, 4) is 0 Å². The Kier molecular flexibility index (Phi) is 4.86. The molecule has 1 heterocycles. The molecule has 88 valence electrons. The molecule has 16 heavy (non-hydrogen) atoms. The lowest BCUT2D eigenvalue weighted by molar-refractivity contribution is 0.102. The first-order chi connectivity index (χ1) is 7.86. The molecule has 1 aliphatic heterocycles. The fourth-order valence-corrected chi connectivity index (χ4v) is 2.85. The van der Waals surface area contributed by atoms with Crippen LogP contribution in [0.4, 0.5) is 0 Å². The van der Waals surface area contributed by atoms with Gasteiger partial charge in [0.2, 0.25) is 0 Å². The molecular formula is C14H19BrO. The molecule has 2 atom stereocenters. The Morgan fingerprint density at radius 1 is 1.31 bits per heavy atom. The second-order valence-corrected chi connectivity index (χ2v) is 5.55. The van der Waals surface area contributed by atoms with Crippen molar-refractivity contribution in [1.29, 1.82) is 0 Å². The third-order valence-electron chi connectivity index (χ3n) is 3.17. The summed E-state index contributed by atoms with van der Waals surface area (Å²) in [5.74, 6) is 0. The number of rotatable bonds is 5. The van der Waals surface area contributed by atoms with E-state index in [0.717, 1.165) is 6.61 Å². The van der Waals surface area contributed by atoms with E-state index in [0.29, 0.717) is 10.9 Å². The largest absolute Gasteiger partial charge is 0.378 e. The maximum atomic E-state index is 5.63. The van der Waals surface area contributed by atoms with E-state index in [4.69, 9.17) is 4.74 Å². The Bertz CT molecular complexity index is 293. The highest BCUT2D eigenvalue weighted by Gasteiger charge is 2.15. The van der Waals surface area contributed by atoms with Gasteiger partial charge in [-0.2, -0.15) is 0 Å². The second-order valence-electron chi connectivity index (χ2n) is 4.44. The predicted molar refractivity (Wildman–Crippen MR) is 70.9 cm³/mol. The number of ether oxygens (including phenoxy) is 1. The van der Waals surface area contributed by atoms with Crippen LogP contribution >= 0.6 is 15.9 Å². The zero-order valence-electron chi connectivity index (χ0n) is 9.57. The van der Waals surface area contributed by atoms with E-state index in [1.807, 2.05) is 0 Å². The van der Waals surface area contributed by atoms with Crippen LogP contribution in [0.2, 0.25) is 0 Å². The molecule has 0 aromatic heterocycles. The standard InChI is InChI=1S/C14H19BrO/c15-14(12-6-2-1-3-7-12)10-4-8-13-9-5-11-16-13/h1-3,6-7,13-14H,4-5,8-11H2. The van der Waals surface area contributed by atoms with Gasteiger partial charge in [-0.05, 0) is 37.7 Å². The van der Waals surface area contributed by atoms with E-state index in [9.17, 15) is 0 Å². The molecule has 1 fully saturated rings. The van der Waals surface area contributed by atoms with Crippen molar-refractivity contribution < 1.29 is 4.74 Å². The quantitative estimate of drug-likeness (QED) is 0.724. The summed E-state index contributed by atoms with van der Waals surface area (Å²) in [6, 6.07) is 10.6. The SMILES string of the molecule is BrC(CCCC1CCCO1)c1ccccc1. The summed E-state index contributed by atoms with van der Waals surface area (Å²) in [4.78, 5) is 0.495. The topological polar surface area (TPSA) is 9.23 Å². The van der Waals surface area contributed by atoms with E-state index in [2.05, 4.69) is 46.3 Å². The molecule has 0 amide bonds. The highest BCUT2D eigenvalue weighted by atomic mass is 79.9. The smallest absolute Gasteiger partial charge is 0.0576 e. The normalized spacial score (nSPS) is 22.2. The third-order valence-corrected chi connectivity index (χ3v) is 4.16. The Labute approximate surface area is 106 Å². The molecule has 1 saturated heterocycles. The summed E-state index contributed by atoms with van der Waals surface area (Å²) in [6.07, 6.45) is 6.71. The number of hydrogen-bond donors (Lipinski definition) is 0. The fraction of sp³-hybridized carbons (Fsp3) is 0.571. The lowest BCUT2D eigenvalue weighted by atomic mass is 10.0. The molecule has 0 N–H and O–H groups in total. The zero-order valence-corrected chi connectivity index (χ0v) is 11.2. The Morgan fingerprint density at radius 2 is 2.12 bits per heavy atom. The van der Waals surface area contributed by atoms with Gasteiger partial charge in [0, 0.05) is 11.4 Å². The lowest BCUT2D eigenvalue weighted by Crippen LogP contribution is -2.04. The molecule has 1 aromatic carbocycles. The lowest BCUT2D eigenvalue weighted by Gasteiger charge is -2.12. The minimum absolute atomic E-state index is 0.495. The molecule has 1 aliphatic rings.